The third kappa shape index (κ3) is 4.58. The quantitative estimate of drug-likeness (QED) is 0.553. The molecule has 0 fully saturated rings. The van der Waals surface area contributed by atoms with Crippen LogP contribution in [0.5, 0.6) is 11.5 Å². The second-order valence-electron chi connectivity index (χ2n) is 6.72. The van der Waals surface area contributed by atoms with Gasteiger partial charge in [-0.2, -0.15) is 0 Å². The molecule has 0 saturated heterocycles. The van der Waals surface area contributed by atoms with Crippen LogP contribution in [0.3, 0.4) is 0 Å². The maximum Gasteiger partial charge on any atom is 0.234 e. The molecule has 1 aliphatic heterocycles. The van der Waals surface area contributed by atoms with Crippen molar-refractivity contribution in [3.63, 3.8) is 0 Å². The van der Waals surface area contributed by atoms with Crippen molar-refractivity contribution in [2.75, 3.05) is 31.6 Å². The van der Waals surface area contributed by atoms with Crippen molar-refractivity contribution in [1.82, 2.24) is 14.8 Å². The lowest BCUT2D eigenvalue weighted by atomic mass is 10.1. The van der Waals surface area contributed by atoms with E-state index in [9.17, 15) is 4.79 Å². The molecule has 9 heteroatoms. The van der Waals surface area contributed by atoms with E-state index in [4.69, 9.17) is 14.2 Å². The molecule has 0 aliphatic carbocycles. The zero-order valence-corrected chi connectivity index (χ0v) is 17.6. The van der Waals surface area contributed by atoms with Gasteiger partial charge in [0.05, 0.1) is 18.9 Å². The van der Waals surface area contributed by atoms with Crippen LogP contribution in [0.25, 0.3) is 11.4 Å². The summed E-state index contributed by atoms with van der Waals surface area (Å²) in [5.41, 5.74) is 2.78. The number of benzene rings is 2. The Hall–Kier alpha value is -3.04. The van der Waals surface area contributed by atoms with E-state index >= 15 is 0 Å². The summed E-state index contributed by atoms with van der Waals surface area (Å²) < 4.78 is 17.9. The zero-order chi connectivity index (χ0) is 20.9. The number of carbonyl (C=O) groups is 1. The molecule has 3 aromatic rings. The number of amides is 1. The largest absolute Gasteiger partial charge is 0.454 e. The number of anilines is 1. The van der Waals surface area contributed by atoms with Gasteiger partial charge in [0.15, 0.2) is 22.5 Å². The number of rotatable bonds is 8. The third-order valence-corrected chi connectivity index (χ3v) is 5.47. The summed E-state index contributed by atoms with van der Waals surface area (Å²) >= 11 is 1.34. The molecule has 0 spiro atoms. The van der Waals surface area contributed by atoms with Crippen molar-refractivity contribution in [3.05, 3.63) is 48.0 Å². The monoisotopic (exact) mass is 426 g/mol. The van der Waals surface area contributed by atoms with Crippen LogP contribution in [0.4, 0.5) is 5.69 Å². The second-order valence-corrected chi connectivity index (χ2v) is 7.67. The molecule has 0 unspecified atom stereocenters. The van der Waals surface area contributed by atoms with Crippen LogP contribution in [0.15, 0.2) is 47.6 Å². The topological polar surface area (TPSA) is 87.5 Å². The molecule has 2 aromatic carbocycles. The van der Waals surface area contributed by atoms with Crippen LogP contribution in [0, 0.1) is 6.92 Å². The smallest absolute Gasteiger partial charge is 0.234 e. The standard InChI is InChI=1S/C21H22N4O4S/c1-14-4-3-5-15(10-14)20-23-24-21(25(20)8-9-27-2)30-12-19(26)22-16-6-7-17-18(11-16)29-13-28-17/h3-7,10-11H,8-9,12-13H2,1-2H3,(H,22,26). The first-order chi connectivity index (χ1) is 14.6. The fourth-order valence-electron chi connectivity index (χ4n) is 3.08. The summed E-state index contributed by atoms with van der Waals surface area (Å²) in [4.78, 5) is 12.4. The summed E-state index contributed by atoms with van der Waals surface area (Å²) in [5, 5.41) is 12.2. The molecule has 1 aromatic heterocycles. The molecule has 0 atom stereocenters. The van der Waals surface area contributed by atoms with Gasteiger partial charge < -0.3 is 19.5 Å². The van der Waals surface area contributed by atoms with Crippen LogP contribution in [-0.4, -0.2) is 46.9 Å². The normalized spacial score (nSPS) is 12.2. The maximum atomic E-state index is 12.4. The molecule has 2 heterocycles. The number of nitrogens with zero attached hydrogens (tertiary/aromatic N) is 3. The number of thioether (sulfide) groups is 1. The summed E-state index contributed by atoms with van der Waals surface area (Å²) in [5.74, 6) is 2.12. The Kier molecular flexibility index (Phi) is 6.20. The Morgan fingerprint density at radius 3 is 2.90 bits per heavy atom. The Bertz CT molecular complexity index is 1050. The highest BCUT2D eigenvalue weighted by Crippen LogP contribution is 2.34. The highest BCUT2D eigenvalue weighted by molar-refractivity contribution is 7.99. The van der Waals surface area contributed by atoms with E-state index in [1.54, 1.807) is 25.3 Å². The lowest BCUT2D eigenvalue weighted by Crippen LogP contribution is -2.15. The number of nitrogens with one attached hydrogen (secondary N) is 1. The summed E-state index contributed by atoms with van der Waals surface area (Å²) in [6, 6.07) is 13.4. The van der Waals surface area contributed by atoms with Gasteiger partial charge in [0.1, 0.15) is 0 Å². The zero-order valence-electron chi connectivity index (χ0n) is 16.8. The van der Waals surface area contributed by atoms with Crippen LogP contribution in [0.1, 0.15) is 5.56 Å². The number of carbonyl (C=O) groups excluding carboxylic acids is 1. The van der Waals surface area contributed by atoms with Gasteiger partial charge in [-0.25, -0.2) is 0 Å². The third-order valence-electron chi connectivity index (χ3n) is 4.50. The molecule has 1 amide bonds. The highest BCUT2D eigenvalue weighted by atomic mass is 32.2. The Labute approximate surface area is 178 Å². The summed E-state index contributed by atoms with van der Waals surface area (Å²) in [6.45, 7) is 3.35. The lowest BCUT2D eigenvalue weighted by Gasteiger charge is -2.10. The van der Waals surface area contributed by atoms with Gasteiger partial charge in [-0.1, -0.05) is 35.5 Å². The van der Waals surface area contributed by atoms with Gasteiger partial charge in [-0.3, -0.25) is 9.36 Å². The van der Waals surface area contributed by atoms with Crippen LogP contribution in [0.2, 0.25) is 0 Å². The van der Waals surface area contributed by atoms with E-state index in [1.165, 1.54) is 11.8 Å². The van der Waals surface area contributed by atoms with Crippen LogP contribution >= 0.6 is 11.8 Å². The number of hydrogen-bond acceptors (Lipinski definition) is 7. The number of ether oxygens (including phenoxy) is 3. The molecule has 30 heavy (non-hydrogen) atoms. The van der Waals surface area contributed by atoms with Gasteiger partial charge in [-0.15, -0.1) is 10.2 Å². The first kappa shape index (κ1) is 20.2. The average Bonchev–Trinajstić information content (AvgIpc) is 3.37. The number of hydrogen-bond donors (Lipinski definition) is 1. The Morgan fingerprint density at radius 1 is 1.20 bits per heavy atom. The van der Waals surface area contributed by atoms with E-state index in [2.05, 4.69) is 21.6 Å². The minimum absolute atomic E-state index is 0.141. The van der Waals surface area contributed by atoms with Crippen molar-refractivity contribution in [1.29, 1.82) is 0 Å². The molecule has 1 aliphatic rings. The van der Waals surface area contributed by atoms with Gasteiger partial charge in [0, 0.05) is 24.4 Å². The molecule has 1 N–H and O–H groups in total. The summed E-state index contributed by atoms with van der Waals surface area (Å²) in [7, 11) is 1.66. The summed E-state index contributed by atoms with van der Waals surface area (Å²) in [6.07, 6.45) is 0. The average molecular weight is 426 g/mol. The maximum absolute atomic E-state index is 12.4. The molecule has 0 saturated carbocycles. The SMILES string of the molecule is COCCn1c(SCC(=O)Nc2ccc3c(c2)OCO3)nnc1-c1cccc(C)c1. The fraction of sp³-hybridized carbons (Fsp3) is 0.286. The predicted octanol–water partition coefficient (Wildman–Crippen LogP) is 3.36. The second kappa shape index (κ2) is 9.19. The van der Waals surface area contributed by atoms with E-state index in [1.807, 2.05) is 29.7 Å². The van der Waals surface area contributed by atoms with Crippen molar-refractivity contribution in [2.45, 2.75) is 18.6 Å². The molecule has 156 valence electrons. The van der Waals surface area contributed by atoms with Crippen LogP contribution < -0.4 is 14.8 Å². The van der Waals surface area contributed by atoms with Crippen molar-refractivity contribution >= 4 is 23.4 Å². The predicted molar refractivity (Wildman–Crippen MR) is 114 cm³/mol. The van der Waals surface area contributed by atoms with Gasteiger partial charge in [0.2, 0.25) is 12.7 Å². The number of fused-ring (bicyclic) bond motifs is 1. The lowest BCUT2D eigenvalue weighted by molar-refractivity contribution is -0.113. The van der Waals surface area contributed by atoms with Gasteiger partial charge >= 0.3 is 0 Å². The van der Waals surface area contributed by atoms with Crippen molar-refractivity contribution in [2.24, 2.45) is 0 Å². The van der Waals surface area contributed by atoms with E-state index in [0.717, 1.165) is 17.0 Å². The first-order valence-electron chi connectivity index (χ1n) is 9.45. The van der Waals surface area contributed by atoms with Crippen LogP contribution in [-0.2, 0) is 16.1 Å². The van der Waals surface area contributed by atoms with Gasteiger partial charge in [0.25, 0.3) is 0 Å². The number of aryl methyl sites for hydroxylation is 1. The van der Waals surface area contributed by atoms with Gasteiger partial charge in [-0.05, 0) is 25.1 Å². The molecule has 0 bridgehead atoms. The fourth-order valence-corrected chi connectivity index (χ4v) is 3.84. The number of methoxy groups -OCH3 is 1. The molecule has 4 rings (SSSR count). The molecular formula is C21H22N4O4S. The Morgan fingerprint density at radius 2 is 2.07 bits per heavy atom. The molecule has 8 nitrogen and oxygen atoms in total. The van der Waals surface area contributed by atoms with E-state index in [-0.39, 0.29) is 18.5 Å². The van der Waals surface area contributed by atoms with E-state index < -0.39 is 0 Å². The highest BCUT2D eigenvalue weighted by Gasteiger charge is 2.17. The minimum Gasteiger partial charge on any atom is -0.454 e. The van der Waals surface area contributed by atoms with Crippen molar-refractivity contribution < 1.29 is 19.0 Å². The molecular weight excluding hydrogens is 404 g/mol. The first-order valence-corrected chi connectivity index (χ1v) is 10.4. The molecule has 0 radical (unpaired) electrons. The van der Waals surface area contributed by atoms with Crippen molar-refractivity contribution in [3.8, 4) is 22.9 Å². The minimum atomic E-state index is -0.141. The van der Waals surface area contributed by atoms with E-state index in [0.29, 0.717) is 35.5 Å². The number of aromatic nitrogens is 3. The Balaban J connectivity index is 1.45.